The van der Waals surface area contributed by atoms with Gasteiger partial charge in [0.2, 0.25) is 0 Å². The van der Waals surface area contributed by atoms with E-state index in [2.05, 4.69) is 20.4 Å². The monoisotopic (exact) mass is 486 g/mol. The molecule has 4 heterocycles. The average Bonchev–Trinajstić information content (AvgIpc) is 3.43. The minimum Gasteiger partial charge on any atom is -0.374 e. The van der Waals surface area contributed by atoms with Crippen molar-refractivity contribution in [1.82, 2.24) is 20.1 Å². The van der Waals surface area contributed by atoms with Gasteiger partial charge in [-0.15, -0.1) is 5.10 Å². The van der Waals surface area contributed by atoms with Gasteiger partial charge < -0.3 is 19.9 Å². The number of morpholine rings is 1. The number of alkyl halides is 3. The van der Waals surface area contributed by atoms with Crippen LogP contribution in [0.3, 0.4) is 0 Å². The number of fused-ring (bicyclic) bond motifs is 3. The van der Waals surface area contributed by atoms with E-state index in [1.54, 1.807) is 6.07 Å². The normalized spacial score (nSPS) is 20.7. The Morgan fingerprint density at radius 2 is 2.03 bits per heavy atom. The van der Waals surface area contributed by atoms with Crippen molar-refractivity contribution in [2.45, 2.75) is 51.2 Å². The summed E-state index contributed by atoms with van der Waals surface area (Å²) in [6.07, 6.45) is -1.34. The second kappa shape index (κ2) is 8.91. The molecule has 0 radical (unpaired) electrons. The lowest BCUT2D eigenvalue weighted by atomic mass is 9.97. The van der Waals surface area contributed by atoms with Crippen LogP contribution in [0.25, 0.3) is 10.8 Å². The number of nitrogens with zero attached hydrogens (tertiary/aromatic N) is 5. The Bertz CT molecular complexity index is 1250. The topological polar surface area (TPSA) is 66.4 Å². The summed E-state index contributed by atoms with van der Waals surface area (Å²) in [4.78, 5) is 9.02. The first-order valence-electron chi connectivity index (χ1n) is 11.7. The molecular weight excluding hydrogens is 457 g/mol. The molecule has 10 heteroatoms. The number of benzene rings is 1. The number of anilines is 2. The third-order valence-electron chi connectivity index (χ3n) is 6.89. The zero-order chi connectivity index (χ0) is 24.9. The van der Waals surface area contributed by atoms with Gasteiger partial charge in [0, 0.05) is 30.1 Å². The molecule has 0 unspecified atom stereocenters. The minimum atomic E-state index is -4.40. The molecule has 7 nitrogen and oxygen atoms in total. The van der Waals surface area contributed by atoms with E-state index in [9.17, 15) is 13.2 Å². The predicted molar refractivity (Wildman–Crippen MR) is 128 cm³/mol. The highest BCUT2D eigenvalue weighted by atomic mass is 19.4. The summed E-state index contributed by atoms with van der Waals surface area (Å²) in [6.45, 7) is 5.43. The van der Waals surface area contributed by atoms with Crippen molar-refractivity contribution in [1.29, 1.82) is 0 Å². The first-order chi connectivity index (χ1) is 16.6. The Kier molecular flexibility index (Phi) is 6.04. The number of pyridine rings is 1. The molecule has 0 saturated carbocycles. The minimum absolute atomic E-state index is 0.206. The van der Waals surface area contributed by atoms with E-state index in [4.69, 9.17) is 9.72 Å². The van der Waals surface area contributed by atoms with E-state index in [0.717, 1.165) is 41.3 Å². The molecule has 0 amide bonds. The Morgan fingerprint density at radius 3 is 2.69 bits per heavy atom. The van der Waals surface area contributed by atoms with Crippen molar-refractivity contribution in [3.8, 4) is 0 Å². The summed E-state index contributed by atoms with van der Waals surface area (Å²) in [5.41, 5.74) is 0.940. The van der Waals surface area contributed by atoms with Gasteiger partial charge in [0.25, 0.3) is 0 Å². The molecule has 1 N–H and O–H groups in total. The van der Waals surface area contributed by atoms with E-state index >= 15 is 0 Å². The molecule has 5 rings (SSSR count). The molecule has 2 saturated heterocycles. The number of nitrogens with one attached hydrogen (secondary N) is 1. The molecule has 35 heavy (non-hydrogen) atoms. The highest BCUT2D eigenvalue weighted by Gasteiger charge is 2.39. The van der Waals surface area contributed by atoms with Crippen LogP contribution in [0.15, 0.2) is 30.5 Å². The quantitative estimate of drug-likeness (QED) is 0.548. The van der Waals surface area contributed by atoms with Gasteiger partial charge in [-0.3, -0.25) is 0 Å². The lowest BCUT2D eigenvalue weighted by Gasteiger charge is -2.28. The van der Waals surface area contributed by atoms with Gasteiger partial charge in [-0.2, -0.15) is 18.3 Å². The highest BCUT2D eigenvalue weighted by molar-refractivity contribution is 5.94. The molecule has 3 aromatic rings. The third kappa shape index (κ3) is 4.52. The van der Waals surface area contributed by atoms with Gasteiger partial charge in [-0.1, -0.05) is 12.1 Å². The molecule has 2 aliphatic rings. The van der Waals surface area contributed by atoms with Crippen LogP contribution in [0.1, 0.15) is 41.8 Å². The Balaban J connectivity index is 1.53. The van der Waals surface area contributed by atoms with Gasteiger partial charge >= 0.3 is 6.18 Å². The maximum absolute atomic E-state index is 13.5. The van der Waals surface area contributed by atoms with Crippen molar-refractivity contribution in [3.05, 3.63) is 52.8 Å². The number of hydrogen-bond donors (Lipinski definition) is 1. The molecule has 186 valence electrons. The molecule has 2 fully saturated rings. The van der Waals surface area contributed by atoms with Gasteiger partial charge in [0.1, 0.15) is 5.82 Å². The molecule has 2 aliphatic heterocycles. The maximum atomic E-state index is 13.5. The molecular formula is C25H29F3N6O. The Labute approximate surface area is 202 Å². The molecule has 2 bridgehead atoms. The smallest absolute Gasteiger partial charge is 0.374 e. The molecule has 3 atom stereocenters. The molecule has 0 spiro atoms. The zero-order valence-corrected chi connectivity index (χ0v) is 20.2. The standard InChI is InChI=1S/C25H29F3N6O/c1-14-18(6-5-7-21(14)25(26,27)28)15(2)30-24-19-9-23(34-11-17-8-16(34)13-35-17)29-10-20(19)22(31-32-24)12-33(3)4/h5-7,9-10,15-17H,8,11-13H2,1-4H3,(H,30,32)/t15-,16-,17-/m1/s1. The summed E-state index contributed by atoms with van der Waals surface area (Å²) in [7, 11) is 3.92. The van der Waals surface area contributed by atoms with Crippen LogP contribution in [0.5, 0.6) is 0 Å². The lowest BCUT2D eigenvalue weighted by molar-refractivity contribution is -0.138. The maximum Gasteiger partial charge on any atom is 0.416 e. The van der Waals surface area contributed by atoms with E-state index in [-0.39, 0.29) is 11.7 Å². The number of halogens is 3. The van der Waals surface area contributed by atoms with E-state index in [1.807, 2.05) is 38.2 Å². The summed E-state index contributed by atoms with van der Waals surface area (Å²) in [5, 5.41) is 13.9. The van der Waals surface area contributed by atoms with Crippen molar-refractivity contribution in [2.24, 2.45) is 0 Å². The third-order valence-corrected chi connectivity index (χ3v) is 6.89. The van der Waals surface area contributed by atoms with Crippen molar-refractivity contribution >= 4 is 22.4 Å². The zero-order valence-electron chi connectivity index (χ0n) is 20.2. The van der Waals surface area contributed by atoms with Crippen molar-refractivity contribution in [3.63, 3.8) is 0 Å². The van der Waals surface area contributed by atoms with Crippen LogP contribution < -0.4 is 10.2 Å². The molecule has 1 aromatic carbocycles. The van der Waals surface area contributed by atoms with E-state index in [1.165, 1.54) is 13.0 Å². The highest BCUT2D eigenvalue weighted by Crippen LogP contribution is 2.37. The second-order valence-corrected chi connectivity index (χ2v) is 9.70. The second-order valence-electron chi connectivity index (χ2n) is 9.70. The fourth-order valence-electron chi connectivity index (χ4n) is 5.16. The fourth-order valence-corrected chi connectivity index (χ4v) is 5.16. The predicted octanol–water partition coefficient (Wildman–Crippen LogP) is 4.56. The first-order valence-corrected chi connectivity index (χ1v) is 11.7. The largest absolute Gasteiger partial charge is 0.416 e. The van der Waals surface area contributed by atoms with Crippen LogP contribution in [-0.2, 0) is 17.5 Å². The van der Waals surface area contributed by atoms with Gasteiger partial charge in [-0.25, -0.2) is 4.98 Å². The summed E-state index contributed by atoms with van der Waals surface area (Å²) >= 11 is 0. The number of hydrogen-bond acceptors (Lipinski definition) is 7. The summed E-state index contributed by atoms with van der Waals surface area (Å²) in [5.74, 6) is 1.37. The average molecular weight is 487 g/mol. The number of rotatable bonds is 6. The van der Waals surface area contributed by atoms with Gasteiger partial charge in [0.15, 0.2) is 5.82 Å². The van der Waals surface area contributed by atoms with Crippen LogP contribution in [0.2, 0.25) is 0 Å². The van der Waals surface area contributed by atoms with Crippen molar-refractivity contribution in [2.75, 3.05) is 37.5 Å². The van der Waals surface area contributed by atoms with Gasteiger partial charge in [0.05, 0.1) is 36.1 Å². The SMILES string of the molecule is Cc1c([C@@H](C)Nc2nnc(CN(C)C)c3cnc(N4C[C@H]5C[C@@H]4CO5)cc23)cccc1C(F)(F)F. The summed E-state index contributed by atoms with van der Waals surface area (Å²) < 4.78 is 46.1. The molecule has 0 aliphatic carbocycles. The molecule has 2 aromatic heterocycles. The number of aromatic nitrogens is 3. The van der Waals surface area contributed by atoms with Crippen LogP contribution in [0.4, 0.5) is 24.8 Å². The van der Waals surface area contributed by atoms with Crippen LogP contribution in [0, 0.1) is 6.92 Å². The first kappa shape index (κ1) is 23.7. The van der Waals surface area contributed by atoms with Crippen LogP contribution >= 0.6 is 0 Å². The fraction of sp³-hybridized carbons (Fsp3) is 0.480. The van der Waals surface area contributed by atoms with Crippen molar-refractivity contribution < 1.29 is 17.9 Å². The Hall–Kier alpha value is -2.98. The van der Waals surface area contributed by atoms with Crippen LogP contribution in [-0.4, -0.2) is 59.5 Å². The van der Waals surface area contributed by atoms with E-state index in [0.29, 0.717) is 30.6 Å². The number of ether oxygens (including phenoxy) is 1. The summed E-state index contributed by atoms with van der Waals surface area (Å²) in [6, 6.07) is 6.18. The lowest BCUT2D eigenvalue weighted by Crippen LogP contribution is -2.37. The van der Waals surface area contributed by atoms with Gasteiger partial charge in [-0.05, 0) is 57.6 Å². The Morgan fingerprint density at radius 1 is 1.23 bits per heavy atom. The van der Waals surface area contributed by atoms with E-state index < -0.39 is 17.8 Å².